The lowest BCUT2D eigenvalue weighted by Gasteiger charge is -2.18. The summed E-state index contributed by atoms with van der Waals surface area (Å²) in [5.41, 5.74) is 6.99. The second-order valence-corrected chi connectivity index (χ2v) is 5.95. The molecule has 2 heterocycles. The van der Waals surface area contributed by atoms with E-state index in [4.69, 9.17) is 0 Å². The Morgan fingerprint density at radius 1 is 1.26 bits per heavy atom. The molecule has 3 rings (SSSR count). The molecule has 3 heteroatoms. The van der Waals surface area contributed by atoms with Crippen molar-refractivity contribution in [1.29, 1.82) is 0 Å². The van der Waals surface area contributed by atoms with Crippen molar-refractivity contribution >= 4 is 17.0 Å². The SMILES string of the molecule is Cc1cscc1CNCc1ccc2c(c1)CCCN2. The molecule has 1 aliphatic heterocycles. The van der Waals surface area contributed by atoms with E-state index >= 15 is 0 Å². The first-order valence-electron chi connectivity index (χ1n) is 6.91. The second kappa shape index (κ2) is 5.76. The zero-order chi connectivity index (χ0) is 13.1. The van der Waals surface area contributed by atoms with Crippen molar-refractivity contribution in [2.75, 3.05) is 11.9 Å². The average molecular weight is 272 g/mol. The van der Waals surface area contributed by atoms with Gasteiger partial charge in [0, 0.05) is 25.3 Å². The molecule has 0 saturated carbocycles. The average Bonchev–Trinajstić information content (AvgIpc) is 2.84. The third kappa shape index (κ3) is 2.99. The molecule has 0 aliphatic carbocycles. The summed E-state index contributed by atoms with van der Waals surface area (Å²) in [4.78, 5) is 0. The molecule has 2 aromatic rings. The van der Waals surface area contributed by atoms with Gasteiger partial charge in [-0.15, -0.1) is 0 Å². The first-order valence-corrected chi connectivity index (χ1v) is 7.85. The molecule has 0 spiro atoms. The number of hydrogen-bond donors (Lipinski definition) is 2. The molecule has 1 aromatic carbocycles. The summed E-state index contributed by atoms with van der Waals surface area (Å²) in [6, 6.07) is 6.79. The highest BCUT2D eigenvalue weighted by Gasteiger charge is 2.08. The van der Waals surface area contributed by atoms with Crippen molar-refractivity contribution < 1.29 is 0 Å². The molecular weight excluding hydrogens is 252 g/mol. The van der Waals surface area contributed by atoms with Gasteiger partial charge in [0.25, 0.3) is 0 Å². The van der Waals surface area contributed by atoms with E-state index in [9.17, 15) is 0 Å². The van der Waals surface area contributed by atoms with E-state index in [-0.39, 0.29) is 0 Å². The number of benzene rings is 1. The quantitative estimate of drug-likeness (QED) is 0.886. The van der Waals surface area contributed by atoms with Crippen molar-refractivity contribution in [3.63, 3.8) is 0 Å². The van der Waals surface area contributed by atoms with Crippen LogP contribution in [0.3, 0.4) is 0 Å². The van der Waals surface area contributed by atoms with Crippen LogP contribution in [0, 0.1) is 6.92 Å². The van der Waals surface area contributed by atoms with Crippen LogP contribution in [0.5, 0.6) is 0 Å². The van der Waals surface area contributed by atoms with Gasteiger partial charge in [0.15, 0.2) is 0 Å². The van der Waals surface area contributed by atoms with Gasteiger partial charge >= 0.3 is 0 Å². The Kier molecular flexibility index (Phi) is 3.85. The predicted octanol–water partition coefficient (Wildman–Crippen LogP) is 3.70. The van der Waals surface area contributed by atoms with Crippen LogP contribution in [0.2, 0.25) is 0 Å². The Labute approximate surface area is 118 Å². The van der Waals surface area contributed by atoms with Gasteiger partial charge in [-0.25, -0.2) is 0 Å². The fourth-order valence-electron chi connectivity index (χ4n) is 2.55. The Hall–Kier alpha value is -1.32. The number of aryl methyl sites for hydroxylation is 2. The molecule has 0 bridgehead atoms. The summed E-state index contributed by atoms with van der Waals surface area (Å²) < 4.78 is 0. The molecule has 2 N–H and O–H groups in total. The zero-order valence-corrected chi connectivity index (χ0v) is 12.1. The van der Waals surface area contributed by atoms with Crippen LogP contribution in [0.15, 0.2) is 29.0 Å². The molecule has 0 amide bonds. The largest absolute Gasteiger partial charge is 0.385 e. The molecule has 0 radical (unpaired) electrons. The van der Waals surface area contributed by atoms with Crippen LogP contribution in [-0.4, -0.2) is 6.54 Å². The molecule has 1 aromatic heterocycles. The molecule has 0 atom stereocenters. The standard InChI is InChI=1S/C16H20N2S/c1-12-10-19-11-15(12)9-17-8-13-4-5-16-14(7-13)3-2-6-18-16/h4-5,7,10-11,17-18H,2-3,6,8-9H2,1H3. The highest BCUT2D eigenvalue weighted by Crippen LogP contribution is 2.23. The van der Waals surface area contributed by atoms with Crippen LogP contribution in [0.25, 0.3) is 0 Å². The molecule has 0 fully saturated rings. The van der Waals surface area contributed by atoms with Crippen molar-refractivity contribution in [2.45, 2.75) is 32.9 Å². The summed E-state index contributed by atoms with van der Waals surface area (Å²) in [6.07, 6.45) is 2.46. The Morgan fingerprint density at radius 3 is 3.05 bits per heavy atom. The first-order chi connectivity index (χ1) is 9.33. The van der Waals surface area contributed by atoms with Crippen LogP contribution in [0.4, 0.5) is 5.69 Å². The van der Waals surface area contributed by atoms with E-state index in [1.165, 1.54) is 40.8 Å². The highest BCUT2D eigenvalue weighted by molar-refractivity contribution is 7.08. The van der Waals surface area contributed by atoms with Crippen molar-refractivity contribution in [2.24, 2.45) is 0 Å². The lowest BCUT2D eigenvalue weighted by molar-refractivity contribution is 0.691. The highest BCUT2D eigenvalue weighted by atomic mass is 32.1. The van der Waals surface area contributed by atoms with Gasteiger partial charge < -0.3 is 10.6 Å². The lowest BCUT2D eigenvalue weighted by atomic mass is 10.0. The predicted molar refractivity (Wildman–Crippen MR) is 82.9 cm³/mol. The monoisotopic (exact) mass is 272 g/mol. The van der Waals surface area contributed by atoms with Crippen LogP contribution < -0.4 is 10.6 Å². The second-order valence-electron chi connectivity index (χ2n) is 5.21. The molecule has 0 unspecified atom stereocenters. The first kappa shape index (κ1) is 12.7. The topological polar surface area (TPSA) is 24.1 Å². The van der Waals surface area contributed by atoms with Gasteiger partial charge in [-0.2, -0.15) is 11.3 Å². The smallest absolute Gasteiger partial charge is 0.0372 e. The third-order valence-corrected chi connectivity index (χ3v) is 4.62. The van der Waals surface area contributed by atoms with Gasteiger partial charge in [-0.05, 0) is 58.8 Å². The Balaban J connectivity index is 1.59. The fraction of sp³-hybridized carbons (Fsp3) is 0.375. The molecular formula is C16H20N2S. The van der Waals surface area contributed by atoms with E-state index in [1.807, 2.05) is 0 Å². The van der Waals surface area contributed by atoms with Gasteiger partial charge in [0.05, 0.1) is 0 Å². The molecule has 1 aliphatic rings. The molecule has 100 valence electrons. The van der Waals surface area contributed by atoms with E-state index in [0.29, 0.717) is 0 Å². The summed E-state index contributed by atoms with van der Waals surface area (Å²) in [6.45, 7) is 5.20. The van der Waals surface area contributed by atoms with Crippen molar-refractivity contribution in [3.05, 3.63) is 51.2 Å². The lowest BCUT2D eigenvalue weighted by Crippen LogP contribution is -2.15. The van der Waals surface area contributed by atoms with Gasteiger partial charge in [0.2, 0.25) is 0 Å². The molecule has 19 heavy (non-hydrogen) atoms. The number of rotatable bonds is 4. The minimum Gasteiger partial charge on any atom is -0.385 e. The van der Waals surface area contributed by atoms with Gasteiger partial charge in [-0.1, -0.05) is 12.1 Å². The normalized spacial score (nSPS) is 13.9. The van der Waals surface area contributed by atoms with Crippen molar-refractivity contribution in [3.8, 4) is 0 Å². The maximum absolute atomic E-state index is 3.54. The fourth-order valence-corrected chi connectivity index (χ4v) is 3.40. The number of anilines is 1. The Morgan fingerprint density at radius 2 is 2.21 bits per heavy atom. The minimum atomic E-state index is 0.947. The maximum atomic E-state index is 3.54. The number of thiophene rings is 1. The van der Waals surface area contributed by atoms with E-state index in [1.54, 1.807) is 11.3 Å². The summed E-state index contributed by atoms with van der Waals surface area (Å²) in [5, 5.41) is 11.4. The number of fused-ring (bicyclic) bond motifs is 1. The minimum absolute atomic E-state index is 0.947. The zero-order valence-electron chi connectivity index (χ0n) is 11.3. The Bertz CT molecular complexity index is 560. The molecule has 0 saturated heterocycles. The van der Waals surface area contributed by atoms with Crippen LogP contribution in [-0.2, 0) is 19.5 Å². The maximum Gasteiger partial charge on any atom is 0.0372 e. The number of nitrogens with one attached hydrogen (secondary N) is 2. The van der Waals surface area contributed by atoms with Gasteiger partial charge in [0.1, 0.15) is 0 Å². The summed E-state index contributed by atoms with van der Waals surface area (Å²) in [5.74, 6) is 0. The van der Waals surface area contributed by atoms with Crippen LogP contribution in [0.1, 0.15) is 28.7 Å². The summed E-state index contributed by atoms with van der Waals surface area (Å²) >= 11 is 1.78. The van der Waals surface area contributed by atoms with E-state index in [0.717, 1.165) is 19.6 Å². The molecule has 2 nitrogen and oxygen atoms in total. The van der Waals surface area contributed by atoms with E-state index in [2.05, 4.69) is 46.5 Å². The summed E-state index contributed by atoms with van der Waals surface area (Å²) in [7, 11) is 0. The van der Waals surface area contributed by atoms with Crippen LogP contribution >= 0.6 is 11.3 Å². The van der Waals surface area contributed by atoms with Crippen molar-refractivity contribution in [1.82, 2.24) is 5.32 Å². The number of hydrogen-bond acceptors (Lipinski definition) is 3. The third-order valence-electron chi connectivity index (χ3n) is 3.71. The van der Waals surface area contributed by atoms with Gasteiger partial charge in [-0.3, -0.25) is 0 Å². The van der Waals surface area contributed by atoms with E-state index < -0.39 is 0 Å².